The molecule has 2 heterocycles. The Hall–Kier alpha value is -1.85. The average molecular weight is 277 g/mol. The van der Waals surface area contributed by atoms with E-state index in [2.05, 4.69) is 20.8 Å². The molecule has 1 aromatic carbocycles. The lowest BCUT2D eigenvalue weighted by atomic mass is 10.1. The lowest BCUT2D eigenvalue weighted by Gasteiger charge is -2.13. The van der Waals surface area contributed by atoms with Gasteiger partial charge in [0.2, 0.25) is 0 Å². The fraction of sp³-hybridized carbons (Fsp3) is 0.231. The first kappa shape index (κ1) is 12.2. The zero-order valence-electron chi connectivity index (χ0n) is 10.2. The Morgan fingerprint density at radius 1 is 1.32 bits per heavy atom. The fourth-order valence-electron chi connectivity index (χ4n) is 2.11. The van der Waals surface area contributed by atoms with Gasteiger partial charge >= 0.3 is 0 Å². The first-order valence-corrected chi connectivity index (χ1v) is 6.45. The summed E-state index contributed by atoms with van der Waals surface area (Å²) in [6.07, 6.45) is 0.902. The largest absolute Gasteiger partial charge is 0.312 e. The zero-order valence-corrected chi connectivity index (χ0v) is 10.9. The summed E-state index contributed by atoms with van der Waals surface area (Å²) in [5.41, 5.74) is 2.68. The van der Waals surface area contributed by atoms with Crippen molar-refractivity contribution in [2.45, 2.75) is 13.0 Å². The summed E-state index contributed by atoms with van der Waals surface area (Å²) in [4.78, 5) is 12.1. The number of amides is 1. The smallest absolute Gasteiger partial charge is 0.256 e. The molecule has 0 fully saturated rings. The number of anilines is 1. The summed E-state index contributed by atoms with van der Waals surface area (Å²) in [5.74, 6) is 0.415. The van der Waals surface area contributed by atoms with E-state index >= 15 is 0 Å². The maximum absolute atomic E-state index is 12.1. The second-order valence-corrected chi connectivity index (χ2v) is 4.85. The fourth-order valence-corrected chi connectivity index (χ4v) is 2.24. The van der Waals surface area contributed by atoms with E-state index in [9.17, 15) is 4.79 Å². The van der Waals surface area contributed by atoms with Crippen LogP contribution >= 0.6 is 11.6 Å². The van der Waals surface area contributed by atoms with Crippen LogP contribution in [0, 0.1) is 0 Å². The van der Waals surface area contributed by atoms with E-state index in [4.69, 9.17) is 11.6 Å². The van der Waals surface area contributed by atoms with Gasteiger partial charge in [-0.15, -0.1) is 0 Å². The highest BCUT2D eigenvalue weighted by Crippen LogP contribution is 2.20. The first-order valence-electron chi connectivity index (χ1n) is 6.08. The number of hydrogen-bond donors (Lipinski definition) is 3. The minimum atomic E-state index is -0.184. The highest BCUT2D eigenvalue weighted by Gasteiger charge is 2.18. The molecule has 6 heteroatoms. The van der Waals surface area contributed by atoms with Crippen LogP contribution in [0.2, 0.25) is 5.02 Å². The standard InChI is InChI=1S/C13H13ClN4O/c14-9-3-1-8(2-4-9)13(19)16-12-10-7-15-6-5-11(10)17-18-12/h1-4,15H,5-7H2,(H2,16,17,18,19). The third-order valence-corrected chi connectivity index (χ3v) is 3.40. The van der Waals surface area contributed by atoms with Crippen molar-refractivity contribution in [2.24, 2.45) is 0 Å². The van der Waals surface area contributed by atoms with Crippen molar-refractivity contribution >= 4 is 23.3 Å². The van der Waals surface area contributed by atoms with Gasteiger partial charge in [-0.2, -0.15) is 5.10 Å². The predicted octanol–water partition coefficient (Wildman–Crippen LogP) is 1.96. The molecule has 0 spiro atoms. The Kier molecular flexibility index (Phi) is 3.23. The number of carbonyl (C=O) groups is 1. The van der Waals surface area contributed by atoms with Crippen molar-refractivity contribution in [1.29, 1.82) is 0 Å². The van der Waals surface area contributed by atoms with E-state index in [-0.39, 0.29) is 5.91 Å². The highest BCUT2D eigenvalue weighted by molar-refractivity contribution is 6.30. The van der Waals surface area contributed by atoms with Crippen LogP contribution in [-0.4, -0.2) is 22.6 Å². The molecule has 3 rings (SSSR count). The van der Waals surface area contributed by atoms with Crippen LogP contribution in [0.1, 0.15) is 21.6 Å². The van der Waals surface area contributed by atoms with E-state index in [0.717, 1.165) is 30.8 Å². The number of hydrogen-bond acceptors (Lipinski definition) is 3. The van der Waals surface area contributed by atoms with Crippen molar-refractivity contribution < 1.29 is 4.79 Å². The second kappa shape index (κ2) is 5.03. The van der Waals surface area contributed by atoms with Crippen LogP contribution in [0.4, 0.5) is 5.82 Å². The van der Waals surface area contributed by atoms with Gasteiger partial charge in [0.1, 0.15) is 0 Å². The Balaban J connectivity index is 1.79. The maximum atomic E-state index is 12.1. The van der Waals surface area contributed by atoms with Crippen molar-refractivity contribution in [1.82, 2.24) is 15.5 Å². The number of H-pyrrole nitrogens is 1. The van der Waals surface area contributed by atoms with Gasteiger partial charge in [0.05, 0.1) is 0 Å². The molecular formula is C13H13ClN4O. The van der Waals surface area contributed by atoms with Gasteiger partial charge in [0, 0.05) is 41.4 Å². The number of nitrogens with zero attached hydrogens (tertiary/aromatic N) is 1. The van der Waals surface area contributed by atoms with Crippen LogP contribution in [-0.2, 0) is 13.0 Å². The number of benzene rings is 1. The molecule has 0 bridgehead atoms. The normalized spacial score (nSPS) is 13.9. The van der Waals surface area contributed by atoms with Crippen molar-refractivity contribution in [3.8, 4) is 0 Å². The Morgan fingerprint density at radius 2 is 2.11 bits per heavy atom. The van der Waals surface area contributed by atoms with Crippen LogP contribution in [0.25, 0.3) is 0 Å². The van der Waals surface area contributed by atoms with Gasteiger partial charge in [-0.3, -0.25) is 9.89 Å². The van der Waals surface area contributed by atoms with Crippen molar-refractivity contribution in [3.05, 3.63) is 46.1 Å². The Bertz CT molecular complexity index is 606. The van der Waals surface area contributed by atoms with Crippen LogP contribution in [0.15, 0.2) is 24.3 Å². The van der Waals surface area contributed by atoms with E-state index in [1.54, 1.807) is 24.3 Å². The van der Waals surface area contributed by atoms with Gasteiger partial charge in [0.25, 0.3) is 5.91 Å². The summed E-state index contributed by atoms with van der Waals surface area (Å²) < 4.78 is 0. The zero-order chi connectivity index (χ0) is 13.2. The molecule has 1 aromatic heterocycles. The van der Waals surface area contributed by atoms with E-state index in [0.29, 0.717) is 16.4 Å². The van der Waals surface area contributed by atoms with Crippen LogP contribution < -0.4 is 10.6 Å². The number of halogens is 1. The maximum Gasteiger partial charge on any atom is 0.256 e. The highest BCUT2D eigenvalue weighted by atomic mass is 35.5. The summed E-state index contributed by atoms with van der Waals surface area (Å²) in [6, 6.07) is 6.76. The van der Waals surface area contributed by atoms with Gasteiger partial charge in [-0.05, 0) is 24.3 Å². The molecule has 98 valence electrons. The van der Waals surface area contributed by atoms with E-state index < -0.39 is 0 Å². The van der Waals surface area contributed by atoms with Gasteiger partial charge in [-0.25, -0.2) is 0 Å². The van der Waals surface area contributed by atoms with Crippen LogP contribution in [0.5, 0.6) is 0 Å². The number of aromatic amines is 1. The quantitative estimate of drug-likeness (QED) is 0.785. The van der Waals surface area contributed by atoms with Crippen molar-refractivity contribution in [2.75, 3.05) is 11.9 Å². The molecule has 0 aliphatic carbocycles. The molecule has 5 nitrogen and oxygen atoms in total. The van der Waals surface area contributed by atoms with E-state index in [1.807, 2.05) is 0 Å². The molecule has 19 heavy (non-hydrogen) atoms. The molecule has 1 aliphatic rings. The number of nitrogens with one attached hydrogen (secondary N) is 3. The Morgan fingerprint density at radius 3 is 2.89 bits per heavy atom. The van der Waals surface area contributed by atoms with Gasteiger partial charge in [0.15, 0.2) is 5.82 Å². The average Bonchev–Trinajstić information content (AvgIpc) is 2.83. The molecular weight excluding hydrogens is 264 g/mol. The monoisotopic (exact) mass is 276 g/mol. The second-order valence-electron chi connectivity index (χ2n) is 4.42. The molecule has 0 radical (unpaired) electrons. The summed E-state index contributed by atoms with van der Waals surface area (Å²) in [7, 11) is 0. The van der Waals surface area contributed by atoms with Crippen molar-refractivity contribution in [3.63, 3.8) is 0 Å². The number of carbonyl (C=O) groups excluding carboxylic acids is 1. The molecule has 0 saturated carbocycles. The molecule has 0 unspecified atom stereocenters. The minimum Gasteiger partial charge on any atom is -0.312 e. The summed E-state index contributed by atoms with van der Waals surface area (Å²) >= 11 is 5.80. The van der Waals surface area contributed by atoms with E-state index in [1.165, 1.54) is 0 Å². The Labute approximate surface area is 115 Å². The molecule has 0 saturated heterocycles. The number of aromatic nitrogens is 2. The van der Waals surface area contributed by atoms with Crippen LogP contribution in [0.3, 0.4) is 0 Å². The third-order valence-electron chi connectivity index (χ3n) is 3.14. The lowest BCUT2D eigenvalue weighted by molar-refractivity contribution is 0.102. The lowest BCUT2D eigenvalue weighted by Crippen LogP contribution is -2.24. The summed E-state index contributed by atoms with van der Waals surface area (Å²) in [6.45, 7) is 1.65. The third kappa shape index (κ3) is 2.47. The molecule has 1 amide bonds. The molecule has 1 aliphatic heterocycles. The molecule has 2 aromatic rings. The summed E-state index contributed by atoms with van der Waals surface area (Å²) in [5, 5.41) is 13.8. The predicted molar refractivity (Wildman–Crippen MR) is 73.4 cm³/mol. The molecule has 3 N–H and O–H groups in total. The number of rotatable bonds is 2. The number of fused-ring (bicyclic) bond motifs is 1. The first-order chi connectivity index (χ1) is 9.24. The SMILES string of the molecule is O=C(Nc1n[nH]c2c1CNCC2)c1ccc(Cl)cc1. The molecule has 0 atom stereocenters. The topological polar surface area (TPSA) is 69.8 Å². The minimum absolute atomic E-state index is 0.184. The van der Waals surface area contributed by atoms with Gasteiger partial charge < -0.3 is 10.6 Å². The van der Waals surface area contributed by atoms with Gasteiger partial charge in [-0.1, -0.05) is 11.6 Å².